The normalized spacial score (nSPS) is 25.8. The van der Waals surface area contributed by atoms with Gasteiger partial charge in [-0.3, -0.25) is 14.4 Å². The van der Waals surface area contributed by atoms with Crippen LogP contribution in [0.25, 0.3) is 0 Å². The molecule has 3 aromatic rings. The number of benzene rings is 3. The molecule has 9 atom stereocenters. The standard InChI is InChI=1S/C40H42O16/c1-23(41)48-21-30-33(51-25(3)43)29(50-24(2)42)20-32(52-30)49-22-31-34(54-37(44)26-14-8-5-9-15-26)35(55-38(45)27-16-10-6-11-17-27)36(40(47-4)53-31)56-39(46)28-18-12-7-13-19-28/h5-19,29-36,40H,20-22H2,1-4H3/t29-,30?,31?,32-,33+,34-,35?,36?,40+/m1/s1. The van der Waals surface area contributed by atoms with E-state index in [0.717, 1.165) is 6.92 Å². The fourth-order valence-corrected chi connectivity index (χ4v) is 6.11. The van der Waals surface area contributed by atoms with Crippen molar-refractivity contribution >= 4 is 35.8 Å². The van der Waals surface area contributed by atoms with Crippen molar-refractivity contribution in [3.63, 3.8) is 0 Å². The van der Waals surface area contributed by atoms with E-state index in [0.29, 0.717) is 0 Å². The predicted molar refractivity (Wildman–Crippen MR) is 190 cm³/mol. The highest BCUT2D eigenvalue weighted by molar-refractivity contribution is 5.91. The fourth-order valence-electron chi connectivity index (χ4n) is 6.11. The van der Waals surface area contributed by atoms with E-state index in [9.17, 15) is 28.8 Å². The summed E-state index contributed by atoms with van der Waals surface area (Å²) in [6, 6.07) is 24.0. The molecule has 0 aliphatic carbocycles. The fraction of sp³-hybridized carbons (Fsp3) is 0.400. The number of hydrogen-bond acceptors (Lipinski definition) is 16. The van der Waals surface area contributed by atoms with Crippen molar-refractivity contribution in [1.29, 1.82) is 0 Å². The number of esters is 6. The molecule has 0 spiro atoms. The summed E-state index contributed by atoms with van der Waals surface area (Å²) in [6.45, 7) is 2.67. The molecule has 298 valence electrons. The molecule has 2 fully saturated rings. The lowest BCUT2D eigenvalue weighted by molar-refractivity contribution is -0.311. The molecule has 0 radical (unpaired) electrons. The molecule has 3 aromatic carbocycles. The smallest absolute Gasteiger partial charge is 0.338 e. The molecular formula is C40H42O16. The Morgan fingerprint density at radius 3 is 1.46 bits per heavy atom. The van der Waals surface area contributed by atoms with Gasteiger partial charge in [0.05, 0.1) is 23.3 Å². The highest BCUT2D eigenvalue weighted by Crippen LogP contribution is 2.33. The van der Waals surface area contributed by atoms with Gasteiger partial charge in [0.2, 0.25) is 0 Å². The molecule has 2 heterocycles. The summed E-state index contributed by atoms with van der Waals surface area (Å²) in [5, 5.41) is 0. The predicted octanol–water partition coefficient (Wildman–Crippen LogP) is 3.59. The van der Waals surface area contributed by atoms with Crippen molar-refractivity contribution in [3.8, 4) is 0 Å². The largest absolute Gasteiger partial charge is 0.463 e. The van der Waals surface area contributed by atoms with Crippen LogP contribution < -0.4 is 0 Å². The minimum Gasteiger partial charge on any atom is -0.463 e. The molecule has 2 saturated heterocycles. The molecule has 5 rings (SSSR count). The molecule has 16 heteroatoms. The van der Waals surface area contributed by atoms with Gasteiger partial charge in [-0.1, -0.05) is 54.6 Å². The van der Waals surface area contributed by atoms with Gasteiger partial charge in [0, 0.05) is 34.3 Å². The number of rotatable bonds is 14. The maximum Gasteiger partial charge on any atom is 0.338 e. The summed E-state index contributed by atoms with van der Waals surface area (Å²) >= 11 is 0. The van der Waals surface area contributed by atoms with Crippen molar-refractivity contribution < 1.29 is 76.1 Å². The number of ether oxygens (including phenoxy) is 10. The molecule has 2 aliphatic heterocycles. The third-order valence-corrected chi connectivity index (χ3v) is 8.58. The van der Waals surface area contributed by atoms with Crippen LogP contribution in [0.1, 0.15) is 58.3 Å². The van der Waals surface area contributed by atoms with Crippen LogP contribution in [0, 0.1) is 0 Å². The van der Waals surface area contributed by atoms with Gasteiger partial charge < -0.3 is 47.4 Å². The van der Waals surface area contributed by atoms with Crippen LogP contribution in [0.2, 0.25) is 0 Å². The van der Waals surface area contributed by atoms with E-state index in [-0.39, 0.29) is 29.7 Å². The van der Waals surface area contributed by atoms with Crippen molar-refractivity contribution in [1.82, 2.24) is 0 Å². The van der Waals surface area contributed by atoms with Gasteiger partial charge in [-0.15, -0.1) is 0 Å². The maximum absolute atomic E-state index is 13.7. The Bertz CT molecular complexity index is 1800. The first kappa shape index (κ1) is 41.5. The first-order chi connectivity index (χ1) is 26.9. The maximum atomic E-state index is 13.7. The molecule has 0 saturated carbocycles. The molecule has 2 aliphatic rings. The summed E-state index contributed by atoms with van der Waals surface area (Å²) in [5.74, 6) is -4.51. The highest BCUT2D eigenvalue weighted by atomic mass is 16.7. The Labute approximate surface area is 322 Å². The topological polar surface area (TPSA) is 195 Å². The number of hydrogen-bond donors (Lipinski definition) is 0. The van der Waals surface area contributed by atoms with Gasteiger partial charge in [0.25, 0.3) is 0 Å². The second kappa shape index (κ2) is 19.8. The third kappa shape index (κ3) is 11.2. The molecule has 0 N–H and O–H groups in total. The van der Waals surface area contributed by atoms with E-state index in [1.165, 1.54) is 57.4 Å². The van der Waals surface area contributed by atoms with Crippen LogP contribution in [0.3, 0.4) is 0 Å². The molecular weight excluding hydrogens is 736 g/mol. The molecule has 0 bridgehead atoms. The number of carbonyl (C=O) groups excluding carboxylic acids is 6. The van der Waals surface area contributed by atoms with Gasteiger partial charge in [0.1, 0.15) is 24.9 Å². The average Bonchev–Trinajstić information content (AvgIpc) is 3.19. The van der Waals surface area contributed by atoms with E-state index in [1.54, 1.807) is 54.6 Å². The lowest BCUT2D eigenvalue weighted by Crippen LogP contribution is -2.63. The molecule has 16 nitrogen and oxygen atoms in total. The Kier molecular flexibility index (Phi) is 14.6. The summed E-state index contributed by atoms with van der Waals surface area (Å²) in [7, 11) is 1.28. The van der Waals surface area contributed by atoms with Crippen molar-refractivity contribution in [3.05, 3.63) is 108 Å². The van der Waals surface area contributed by atoms with E-state index in [2.05, 4.69) is 0 Å². The summed E-state index contributed by atoms with van der Waals surface area (Å²) in [5.41, 5.74) is 0.470. The van der Waals surface area contributed by atoms with Crippen LogP contribution in [0.5, 0.6) is 0 Å². The zero-order valence-electron chi connectivity index (χ0n) is 31.0. The summed E-state index contributed by atoms with van der Waals surface area (Å²) < 4.78 is 58.0. The van der Waals surface area contributed by atoms with Gasteiger partial charge in [0.15, 0.2) is 37.0 Å². The van der Waals surface area contributed by atoms with E-state index < -0.39 is 97.7 Å². The number of methoxy groups -OCH3 is 1. The minimum absolute atomic E-state index is 0.148. The van der Waals surface area contributed by atoms with E-state index in [1.807, 2.05) is 0 Å². The molecule has 56 heavy (non-hydrogen) atoms. The summed E-state index contributed by atoms with van der Waals surface area (Å²) in [4.78, 5) is 76.6. The Morgan fingerprint density at radius 1 is 0.536 bits per heavy atom. The highest BCUT2D eigenvalue weighted by Gasteiger charge is 2.54. The van der Waals surface area contributed by atoms with E-state index in [4.69, 9.17) is 47.4 Å². The Balaban J connectivity index is 1.48. The van der Waals surface area contributed by atoms with Crippen LogP contribution in [-0.2, 0) is 61.8 Å². The molecule has 0 amide bonds. The lowest BCUT2D eigenvalue weighted by atomic mass is 9.97. The summed E-state index contributed by atoms with van der Waals surface area (Å²) in [6.07, 6.45) is -12.0. The average molecular weight is 779 g/mol. The quantitative estimate of drug-likeness (QED) is 0.170. The second-order valence-corrected chi connectivity index (χ2v) is 12.7. The molecule has 0 aromatic heterocycles. The Hall–Kier alpha value is -5.68. The SMILES string of the molecule is CO[C@H]1OC(CO[C@H]2C[C@@H](OC(C)=O)[C@H](OC(C)=O)C(COC(C)=O)O2)[C@@H](OC(=O)c2ccccc2)C(OC(=O)c2ccccc2)C1OC(=O)c1ccccc1. The third-order valence-electron chi connectivity index (χ3n) is 8.58. The van der Waals surface area contributed by atoms with Crippen LogP contribution in [0.4, 0.5) is 0 Å². The second-order valence-electron chi connectivity index (χ2n) is 12.7. The molecule has 4 unspecified atom stereocenters. The van der Waals surface area contributed by atoms with E-state index >= 15 is 0 Å². The zero-order valence-corrected chi connectivity index (χ0v) is 31.0. The van der Waals surface area contributed by atoms with Crippen molar-refractivity contribution in [2.45, 2.75) is 82.5 Å². The monoisotopic (exact) mass is 778 g/mol. The first-order valence-corrected chi connectivity index (χ1v) is 17.6. The van der Waals surface area contributed by atoms with Gasteiger partial charge in [-0.25, -0.2) is 14.4 Å². The number of carbonyl (C=O) groups is 6. The first-order valence-electron chi connectivity index (χ1n) is 17.6. The van der Waals surface area contributed by atoms with Gasteiger partial charge in [-0.05, 0) is 36.4 Å². The van der Waals surface area contributed by atoms with Gasteiger partial charge >= 0.3 is 35.8 Å². The van der Waals surface area contributed by atoms with Crippen molar-refractivity contribution in [2.75, 3.05) is 20.3 Å². The van der Waals surface area contributed by atoms with Crippen LogP contribution in [0.15, 0.2) is 91.0 Å². The minimum atomic E-state index is -1.54. The Morgan fingerprint density at radius 2 is 1.00 bits per heavy atom. The van der Waals surface area contributed by atoms with Crippen LogP contribution >= 0.6 is 0 Å². The lowest BCUT2D eigenvalue weighted by Gasteiger charge is -2.45. The van der Waals surface area contributed by atoms with Crippen LogP contribution in [-0.4, -0.2) is 111 Å². The zero-order chi connectivity index (χ0) is 40.2. The van der Waals surface area contributed by atoms with Gasteiger partial charge in [-0.2, -0.15) is 0 Å². The van der Waals surface area contributed by atoms with Crippen molar-refractivity contribution in [2.24, 2.45) is 0 Å².